The number of aromatic amines is 1. The van der Waals surface area contributed by atoms with E-state index in [2.05, 4.69) is 14.7 Å². The predicted octanol–water partition coefficient (Wildman–Crippen LogP) is 3.38. The molecule has 0 amide bonds. The molecule has 2 aromatic carbocycles. The number of halogens is 2. The van der Waals surface area contributed by atoms with Crippen molar-refractivity contribution in [2.45, 2.75) is 0 Å². The molecule has 0 radical (unpaired) electrons. The fraction of sp³-hybridized carbons (Fsp3) is 0.0625. The first-order valence-electron chi connectivity index (χ1n) is 6.75. The normalized spacial score (nSPS) is 9.96. The molecule has 0 unspecified atom stereocenters. The second kappa shape index (κ2) is 8.44. The van der Waals surface area contributed by atoms with Crippen LogP contribution in [0.4, 0.5) is 0 Å². The van der Waals surface area contributed by atoms with Gasteiger partial charge in [0, 0.05) is 15.6 Å². The van der Waals surface area contributed by atoms with Gasteiger partial charge < -0.3 is 10.5 Å². The van der Waals surface area contributed by atoms with Gasteiger partial charge in [-0.05, 0) is 42.0 Å². The van der Waals surface area contributed by atoms with Crippen molar-refractivity contribution in [2.75, 3.05) is 6.61 Å². The van der Waals surface area contributed by atoms with Crippen LogP contribution in [-0.2, 0) is 0 Å². The molecule has 0 saturated heterocycles. The molecule has 0 atom stereocenters. The van der Waals surface area contributed by atoms with E-state index >= 15 is 0 Å². The van der Waals surface area contributed by atoms with Gasteiger partial charge >= 0.3 is 5.76 Å². The second-order valence-electron chi connectivity index (χ2n) is 4.59. The Morgan fingerprint density at radius 1 is 1.08 bits per heavy atom. The van der Waals surface area contributed by atoms with Crippen molar-refractivity contribution in [3.8, 4) is 11.4 Å². The molecule has 3 N–H and O–H groups in total. The van der Waals surface area contributed by atoms with Gasteiger partial charge in [0.05, 0.1) is 12.3 Å². The Kier molecular flexibility index (Phi) is 6.31. The summed E-state index contributed by atoms with van der Waals surface area (Å²) in [4.78, 5) is 13.1. The summed E-state index contributed by atoms with van der Waals surface area (Å²) in [6.07, 6.45) is 0. The van der Waals surface area contributed by atoms with Crippen LogP contribution in [0.5, 0.6) is 0 Å². The standard InChI is InChI=1S/C8H5ClN2O2.C8H8ClNO/c9-6-3-1-5(2-4-6)7-10-8(12)13-11-7;9-7-3-1-6(2-4-7)8(10)5-11/h1-4H,(H,10,11,12);1-4,10-11H,5H2. The highest BCUT2D eigenvalue weighted by atomic mass is 35.5. The molecule has 1 heterocycles. The van der Waals surface area contributed by atoms with E-state index in [0.717, 1.165) is 5.56 Å². The van der Waals surface area contributed by atoms with Crippen LogP contribution in [0.3, 0.4) is 0 Å². The van der Waals surface area contributed by atoms with Crippen LogP contribution < -0.4 is 5.76 Å². The first kappa shape index (κ1) is 17.9. The lowest BCUT2D eigenvalue weighted by Crippen LogP contribution is -2.03. The molecule has 0 aliphatic rings. The highest BCUT2D eigenvalue weighted by Gasteiger charge is 2.02. The van der Waals surface area contributed by atoms with Gasteiger partial charge in [0.15, 0.2) is 5.82 Å². The third-order valence-corrected chi connectivity index (χ3v) is 3.41. The quantitative estimate of drug-likeness (QED) is 0.618. The number of aliphatic hydroxyl groups excluding tert-OH is 1. The van der Waals surface area contributed by atoms with Crippen LogP contribution in [0.2, 0.25) is 10.0 Å². The van der Waals surface area contributed by atoms with Crippen molar-refractivity contribution in [1.29, 1.82) is 5.41 Å². The maximum Gasteiger partial charge on any atom is 0.439 e. The third-order valence-electron chi connectivity index (χ3n) is 2.91. The van der Waals surface area contributed by atoms with Gasteiger partial charge in [0.2, 0.25) is 0 Å². The summed E-state index contributed by atoms with van der Waals surface area (Å²) in [7, 11) is 0. The predicted molar refractivity (Wildman–Crippen MR) is 92.9 cm³/mol. The molecule has 0 spiro atoms. The number of hydrogen-bond donors (Lipinski definition) is 3. The van der Waals surface area contributed by atoms with E-state index in [9.17, 15) is 4.79 Å². The number of aliphatic hydroxyl groups is 1. The van der Waals surface area contributed by atoms with Crippen LogP contribution in [-0.4, -0.2) is 27.6 Å². The average Bonchev–Trinajstić information content (AvgIpc) is 3.02. The largest absolute Gasteiger partial charge is 0.439 e. The summed E-state index contributed by atoms with van der Waals surface area (Å²) in [5.41, 5.74) is 1.67. The molecule has 3 rings (SSSR count). The molecule has 6 nitrogen and oxygen atoms in total. The highest BCUT2D eigenvalue weighted by Crippen LogP contribution is 2.16. The van der Waals surface area contributed by atoms with Gasteiger partial charge in [0.1, 0.15) is 0 Å². The Balaban J connectivity index is 0.000000177. The van der Waals surface area contributed by atoms with E-state index in [1.54, 1.807) is 48.5 Å². The lowest BCUT2D eigenvalue weighted by Gasteiger charge is -1.98. The number of aromatic nitrogens is 2. The van der Waals surface area contributed by atoms with E-state index in [0.29, 0.717) is 21.4 Å². The monoisotopic (exact) mass is 365 g/mol. The zero-order chi connectivity index (χ0) is 17.5. The van der Waals surface area contributed by atoms with E-state index in [1.807, 2.05) is 0 Å². The molecule has 3 aromatic rings. The molecule has 0 bridgehead atoms. The lowest BCUT2D eigenvalue weighted by molar-refractivity contribution is 0.357. The van der Waals surface area contributed by atoms with Crippen molar-refractivity contribution >= 4 is 28.9 Å². The molecule has 0 aliphatic carbocycles. The van der Waals surface area contributed by atoms with Gasteiger partial charge in [0.25, 0.3) is 0 Å². The summed E-state index contributed by atoms with van der Waals surface area (Å²) >= 11 is 11.3. The number of nitrogens with zero attached hydrogens (tertiary/aromatic N) is 1. The smallest absolute Gasteiger partial charge is 0.390 e. The average molecular weight is 366 g/mol. The molecule has 1 aromatic heterocycles. The van der Waals surface area contributed by atoms with Crippen LogP contribution in [0.1, 0.15) is 5.56 Å². The van der Waals surface area contributed by atoms with Gasteiger partial charge in [-0.25, -0.2) is 4.79 Å². The number of H-pyrrole nitrogens is 1. The molecule has 24 heavy (non-hydrogen) atoms. The van der Waals surface area contributed by atoms with Gasteiger partial charge in [-0.2, -0.15) is 0 Å². The zero-order valence-corrected chi connectivity index (χ0v) is 13.8. The van der Waals surface area contributed by atoms with E-state index in [-0.39, 0.29) is 12.3 Å². The lowest BCUT2D eigenvalue weighted by atomic mass is 10.1. The van der Waals surface area contributed by atoms with Crippen LogP contribution >= 0.6 is 23.2 Å². The maximum atomic E-state index is 10.6. The molecular formula is C16H13Cl2N3O3. The van der Waals surface area contributed by atoms with Crippen molar-refractivity contribution in [3.63, 3.8) is 0 Å². The van der Waals surface area contributed by atoms with Gasteiger partial charge in [-0.1, -0.05) is 40.5 Å². The van der Waals surface area contributed by atoms with E-state index in [1.165, 1.54) is 0 Å². The Bertz CT molecular complexity index is 855. The first-order chi connectivity index (χ1) is 11.5. The van der Waals surface area contributed by atoms with E-state index < -0.39 is 5.76 Å². The Morgan fingerprint density at radius 3 is 2.08 bits per heavy atom. The fourth-order valence-corrected chi connectivity index (χ4v) is 1.96. The number of hydrogen-bond acceptors (Lipinski definition) is 5. The van der Waals surface area contributed by atoms with Gasteiger partial charge in [-0.15, -0.1) is 0 Å². The number of benzene rings is 2. The maximum absolute atomic E-state index is 10.6. The molecule has 0 aliphatic heterocycles. The van der Waals surface area contributed by atoms with Gasteiger partial charge in [-0.3, -0.25) is 9.51 Å². The molecule has 8 heteroatoms. The Morgan fingerprint density at radius 2 is 1.62 bits per heavy atom. The minimum Gasteiger partial charge on any atom is -0.390 e. The molecular weight excluding hydrogens is 353 g/mol. The zero-order valence-electron chi connectivity index (χ0n) is 12.3. The summed E-state index contributed by atoms with van der Waals surface area (Å²) in [5.74, 6) is -0.161. The molecule has 0 fully saturated rings. The SMILES string of the molecule is N=C(CO)c1ccc(Cl)cc1.O=c1[nH]c(-c2ccc(Cl)cc2)no1. The minimum absolute atomic E-state index is 0.210. The minimum atomic E-state index is -0.565. The molecule has 0 saturated carbocycles. The number of rotatable bonds is 3. The second-order valence-corrected chi connectivity index (χ2v) is 5.47. The van der Waals surface area contributed by atoms with Crippen LogP contribution in [0, 0.1) is 5.41 Å². The van der Waals surface area contributed by atoms with Crippen molar-refractivity contribution < 1.29 is 9.63 Å². The molecule has 124 valence electrons. The fourth-order valence-electron chi connectivity index (χ4n) is 1.70. The van der Waals surface area contributed by atoms with E-state index in [4.69, 9.17) is 33.7 Å². The summed E-state index contributed by atoms with van der Waals surface area (Å²) in [5, 5.41) is 20.7. The van der Waals surface area contributed by atoms with Crippen molar-refractivity contribution in [1.82, 2.24) is 10.1 Å². The third kappa shape index (κ3) is 5.06. The van der Waals surface area contributed by atoms with Crippen molar-refractivity contribution in [3.05, 3.63) is 74.7 Å². The summed E-state index contributed by atoms with van der Waals surface area (Å²) in [6, 6.07) is 13.7. The number of nitrogens with one attached hydrogen (secondary N) is 2. The van der Waals surface area contributed by atoms with Crippen LogP contribution in [0.15, 0.2) is 57.8 Å². The van der Waals surface area contributed by atoms with Crippen LogP contribution in [0.25, 0.3) is 11.4 Å². The summed E-state index contributed by atoms with van der Waals surface area (Å²) < 4.78 is 4.36. The Hall–Kier alpha value is -2.41. The van der Waals surface area contributed by atoms with Crippen molar-refractivity contribution in [2.24, 2.45) is 0 Å². The highest BCUT2D eigenvalue weighted by molar-refractivity contribution is 6.30. The topological polar surface area (TPSA) is 103 Å². The Labute approximate surface area is 147 Å². The summed E-state index contributed by atoms with van der Waals surface area (Å²) in [6.45, 7) is -0.234. The first-order valence-corrected chi connectivity index (χ1v) is 7.51.